The molecule has 106 valence electrons. The van der Waals surface area contributed by atoms with E-state index in [1.165, 1.54) is 12.3 Å². The number of aromatic nitrogens is 4. The zero-order chi connectivity index (χ0) is 15.4. The summed E-state index contributed by atoms with van der Waals surface area (Å²) >= 11 is 0. The molecule has 0 saturated carbocycles. The lowest BCUT2D eigenvalue weighted by Crippen LogP contribution is -1.99. The van der Waals surface area contributed by atoms with E-state index in [1.807, 2.05) is 13.0 Å². The second kappa shape index (κ2) is 5.79. The van der Waals surface area contributed by atoms with Gasteiger partial charge in [0.15, 0.2) is 0 Å². The van der Waals surface area contributed by atoms with Gasteiger partial charge in [0, 0.05) is 12.3 Å². The summed E-state index contributed by atoms with van der Waals surface area (Å²) < 4.78 is 0. The van der Waals surface area contributed by atoms with E-state index in [4.69, 9.17) is 5.26 Å². The number of nitrogens with zero attached hydrogens (tertiary/aromatic N) is 5. The molecule has 2 aromatic rings. The fourth-order valence-corrected chi connectivity index (χ4v) is 1.64. The maximum atomic E-state index is 11.1. The van der Waals surface area contributed by atoms with Gasteiger partial charge in [-0.2, -0.15) is 10.5 Å². The molecule has 0 fully saturated rings. The molecular formula is C12H11N7O2. The zero-order valence-electron chi connectivity index (χ0n) is 11.3. The van der Waals surface area contributed by atoms with Crippen molar-refractivity contribution in [2.24, 2.45) is 0 Å². The van der Waals surface area contributed by atoms with Gasteiger partial charge in [-0.05, 0) is 36.3 Å². The van der Waals surface area contributed by atoms with Crippen molar-refractivity contribution in [3.63, 3.8) is 0 Å². The van der Waals surface area contributed by atoms with E-state index in [0.29, 0.717) is 5.69 Å². The summed E-state index contributed by atoms with van der Waals surface area (Å²) in [6.45, 7) is 3.64. The number of aromatic amines is 1. The van der Waals surface area contributed by atoms with Crippen LogP contribution in [0.5, 0.6) is 0 Å². The van der Waals surface area contributed by atoms with Crippen LogP contribution in [0.2, 0.25) is 0 Å². The lowest BCUT2D eigenvalue weighted by atomic mass is 10.1. The van der Waals surface area contributed by atoms with Crippen molar-refractivity contribution >= 4 is 16.9 Å². The maximum Gasteiger partial charge on any atom is 0.292 e. The van der Waals surface area contributed by atoms with Gasteiger partial charge >= 0.3 is 0 Å². The van der Waals surface area contributed by atoms with Crippen LogP contribution in [0.3, 0.4) is 0 Å². The summed E-state index contributed by atoms with van der Waals surface area (Å²) in [6.07, 6.45) is 1.31. The largest absolute Gasteiger partial charge is 0.355 e. The van der Waals surface area contributed by atoms with Crippen molar-refractivity contribution < 1.29 is 4.92 Å². The predicted octanol–water partition coefficient (Wildman–Crippen LogP) is 1.70. The topological polar surface area (TPSA) is 133 Å². The lowest BCUT2D eigenvalue weighted by Gasteiger charge is -2.06. The summed E-state index contributed by atoms with van der Waals surface area (Å²) in [4.78, 5) is 10.6. The molecule has 0 atom stereocenters. The Bertz CT molecular complexity index is 744. The number of allylic oxidation sites excluding steroid dienone is 1. The number of benzene rings is 1. The number of aryl methyl sites for hydroxylation is 2. The Morgan fingerprint density at radius 1 is 1.48 bits per heavy atom. The third kappa shape index (κ3) is 3.01. The number of nitro groups is 1. The Kier molecular flexibility index (Phi) is 3.90. The highest BCUT2D eigenvalue weighted by Gasteiger charge is 2.15. The number of nitrogens with one attached hydrogen (secondary N) is 2. The normalized spacial score (nSPS) is 11.0. The van der Waals surface area contributed by atoms with Gasteiger partial charge < -0.3 is 5.32 Å². The van der Waals surface area contributed by atoms with Gasteiger partial charge in [-0.25, -0.2) is 0 Å². The molecule has 2 N–H and O–H groups in total. The molecule has 0 radical (unpaired) electrons. The van der Waals surface area contributed by atoms with E-state index in [0.717, 1.165) is 11.1 Å². The second-order valence-corrected chi connectivity index (χ2v) is 4.26. The molecular weight excluding hydrogens is 274 g/mol. The highest BCUT2D eigenvalue weighted by molar-refractivity contribution is 5.76. The monoisotopic (exact) mass is 285 g/mol. The third-order valence-electron chi connectivity index (χ3n) is 2.89. The molecule has 0 aliphatic heterocycles. The molecule has 1 aromatic heterocycles. The maximum absolute atomic E-state index is 11.1. The first kappa shape index (κ1) is 14.1. The minimum Gasteiger partial charge on any atom is -0.355 e. The minimum absolute atomic E-state index is 0.0697. The molecule has 0 saturated heterocycles. The average Bonchev–Trinajstić information content (AvgIpc) is 2.96. The molecule has 9 heteroatoms. The van der Waals surface area contributed by atoms with E-state index in [1.54, 1.807) is 13.0 Å². The van der Waals surface area contributed by atoms with E-state index in [9.17, 15) is 10.1 Å². The Hall–Kier alpha value is -3.28. The van der Waals surface area contributed by atoms with Crippen LogP contribution in [0.4, 0.5) is 11.4 Å². The Balaban J connectivity index is 2.38. The first-order valence-corrected chi connectivity index (χ1v) is 5.89. The number of hydrogen-bond donors (Lipinski definition) is 2. The fraction of sp³-hybridized carbons (Fsp3) is 0.167. The number of hydrogen-bond acceptors (Lipinski definition) is 7. The summed E-state index contributed by atoms with van der Waals surface area (Å²) in [5.74, 6) is 0.108. The molecule has 0 amide bonds. The SMILES string of the molecule is Cc1cc(NC=C(C#N)c2nn[nH]n2)c([N+](=O)[O-])cc1C. The zero-order valence-corrected chi connectivity index (χ0v) is 11.3. The predicted molar refractivity (Wildman–Crippen MR) is 74.0 cm³/mol. The molecule has 0 aliphatic rings. The number of tetrazole rings is 1. The Morgan fingerprint density at radius 3 is 2.76 bits per heavy atom. The highest BCUT2D eigenvalue weighted by Crippen LogP contribution is 2.28. The number of anilines is 1. The summed E-state index contributed by atoms with van der Waals surface area (Å²) in [5.41, 5.74) is 2.04. The van der Waals surface area contributed by atoms with Crippen LogP contribution in [-0.2, 0) is 0 Å². The quantitative estimate of drug-likeness (QED) is 0.496. The number of rotatable bonds is 4. The third-order valence-corrected chi connectivity index (χ3v) is 2.89. The smallest absolute Gasteiger partial charge is 0.292 e. The lowest BCUT2D eigenvalue weighted by molar-refractivity contribution is -0.384. The summed E-state index contributed by atoms with van der Waals surface area (Å²) in [5, 5.41) is 35.8. The van der Waals surface area contributed by atoms with Gasteiger partial charge in [-0.3, -0.25) is 10.1 Å². The standard InChI is InChI=1S/C12H11N7O2/c1-7-3-10(11(19(20)21)4-8(7)2)14-6-9(5-13)12-15-17-18-16-12/h3-4,6,14H,1-2H3,(H,15,16,17,18). The average molecular weight is 285 g/mol. The molecule has 2 rings (SSSR count). The summed E-state index contributed by atoms with van der Waals surface area (Å²) in [6, 6.07) is 5.02. The number of nitriles is 1. The van der Waals surface area contributed by atoms with Crippen LogP contribution in [0.15, 0.2) is 18.3 Å². The van der Waals surface area contributed by atoms with Gasteiger partial charge in [0.2, 0.25) is 5.82 Å². The van der Waals surface area contributed by atoms with E-state index >= 15 is 0 Å². The molecule has 1 heterocycles. The molecule has 0 spiro atoms. The van der Waals surface area contributed by atoms with Crippen molar-refractivity contribution in [1.29, 1.82) is 5.26 Å². The second-order valence-electron chi connectivity index (χ2n) is 4.26. The number of nitro benzene ring substituents is 1. The van der Waals surface area contributed by atoms with Gasteiger partial charge in [-0.15, -0.1) is 10.2 Å². The van der Waals surface area contributed by atoms with E-state index < -0.39 is 4.92 Å². The van der Waals surface area contributed by atoms with E-state index in [-0.39, 0.29) is 17.1 Å². The van der Waals surface area contributed by atoms with Crippen molar-refractivity contribution in [2.45, 2.75) is 13.8 Å². The highest BCUT2D eigenvalue weighted by atomic mass is 16.6. The summed E-state index contributed by atoms with van der Waals surface area (Å²) in [7, 11) is 0. The van der Waals surface area contributed by atoms with Crippen LogP contribution >= 0.6 is 0 Å². The van der Waals surface area contributed by atoms with Crippen LogP contribution in [0.1, 0.15) is 17.0 Å². The Labute approximate surface area is 119 Å². The van der Waals surface area contributed by atoms with E-state index in [2.05, 4.69) is 25.9 Å². The van der Waals surface area contributed by atoms with Crippen molar-refractivity contribution in [3.8, 4) is 6.07 Å². The molecule has 21 heavy (non-hydrogen) atoms. The van der Waals surface area contributed by atoms with Crippen LogP contribution in [0, 0.1) is 35.3 Å². The van der Waals surface area contributed by atoms with Gasteiger partial charge in [0.1, 0.15) is 17.3 Å². The van der Waals surface area contributed by atoms with Crippen molar-refractivity contribution in [3.05, 3.63) is 45.4 Å². The Morgan fingerprint density at radius 2 is 2.19 bits per heavy atom. The molecule has 0 unspecified atom stereocenters. The van der Waals surface area contributed by atoms with Crippen molar-refractivity contribution in [2.75, 3.05) is 5.32 Å². The van der Waals surface area contributed by atoms with Gasteiger partial charge in [0.05, 0.1) is 4.92 Å². The fourth-order valence-electron chi connectivity index (χ4n) is 1.64. The molecule has 1 aromatic carbocycles. The van der Waals surface area contributed by atoms with Gasteiger partial charge in [0.25, 0.3) is 5.69 Å². The van der Waals surface area contributed by atoms with Crippen molar-refractivity contribution in [1.82, 2.24) is 20.6 Å². The number of H-pyrrole nitrogens is 1. The molecule has 0 bridgehead atoms. The minimum atomic E-state index is -0.483. The molecule has 9 nitrogen and oxygen atoms in total. The van der Waals surface area contributed by atoms with Crippen LogP contribution in [-0.4, -0.2) is 25.5 Å². The molecule has 0 aliphatic carbocycles. The van der Waals surface area contributed by atoms with Gasteiger partial charge in [-0.1, -0.05) is 0 Å². The van der Waals surface area contributed by atoms with Crippen LogP contribution < -0.4 is 5.32 Å². The first-order valence-electron chi connectivity index (χ1n) is 5.89. The van der Waals surface area contributed by atoms with Crippen LogP contribution in [0.25, 0.3) is 5.57 Å². The first-order chi connectivity index (χ1) is 10.0.